The predicted molar refractivity (Wildman–Crippen MR) is 98.5 cm³/mol. The average Bonchev–Trinajstić information content (AvgIpc) is 2.62. The van der Waals surface area contributed by atoms with Gasteiger partial charge in [0.2, 0.25) is 0 Å². The van der Waals surface area contributed by atoms with Crippen molar-refractivity contribution < 1.29 is 9.13 Å². The molecule has 6 heteroatoms. The second-order valence-corrected chi connectivity index (χ2v) is 5.81. The number of aryl methyl sites for hydroxylation is 1. The second kappa shape index (κ2) is 9.01. The summed E-state index contributed by atoms with van der Waals surface area (Å²) in [7, 11) is 3.17. The van der Waals surface area contributed by atoms with E-state index in [-0.39, 0.29) is 17.6 Å². The highest BCUT2D eigenvalue weighted by molar-refractivity contribution is 5.80. The number of nitrogens with zero attached hydrogens (tertiary/aromatic N) is 2. The number of nitrogens with one attached hydrogen (secondary N) is 2. The number of rotatable bonds is 6. The van der Waals surface area contributed by atoms with Crippen LogP contribution in [-0.2, 0) is 6.42 Å². The SMILES string of the molecule is CN=C(NCCc1ccncc1C)NC(C)c1ccc(OC)c(F)c1. The third-order valence-corrected chi connectivity index (χ3v) is 4.08. The van der Waals surface area contributed by atoms with Gasteiger partial charge in [-0.05, 0) is 55.2 Å². The summed E-state index contributed by atoms with van der Waals surface area (Å²) in [6.45, 7) is 4.76. The molecule has 0 fully saturated rings. The predicted octanol–water partition coefficient (Wildman–Crippen LogP) is 3.01. The van der Waals surface area contributed by atoms with Crippen molar-refractivity contribution in [3.63, 3.8) is 0 Å². The number of halogens is 1. The van der Waals surface area contributed by atoms with Crippen molar-refractivity contribution in [3.05, 3.63) is 59.2 Å². The Bertz CT molecular complexity index is 733. The molecule has 2 N–H and O–H groups in total. The molecule has 0 radical (unpaired) electrons. The number of benzene rings is 1. The molecule has 0 saturated carbocycles. The highest BCUT2D eigenvalue weighted by Crippen LogP contribution is 2.21. The van der Waals surface area contributed by atoms with Gasteiger partial charge in [0.05, 0.1) is 13.2 Å². The van der Waals surface area contributed by atoms with Crippen LogP contribution in [-0.4, -0.2) is 31.6 Å². The fourth-order valence-electron chi connectivity index (χ4n) is 2.53. The monoisotopic (exact) mass is 344 g/mol. The number of aromatic nitrogens is 1. The first-order valence-corrected chi connectivity index (χ1v) is 8.25. The quantitative estimate of drug-likeness (QED) is 0.625. The summed E-state index contributed by atoms with van der Waals surface area (Å²) in [6.07, 6.45) is 4.54. The fourth-order valence-corrected chi connectivity index (χ4v) is 2.53. The summed E-state index contributed by atoms with van der Waals surface area (Å²) in [4.78, 5) is 8.33. The molecule has 1 aromatic carbocycles. The van der Waals surface area contributed by atoms with Crippen molar-refractivity contribution in [2.45, 2.75) is 26.3 Å². The van der Waals surface area contributed by atoms with Gasteiger partial charge >= 0.3 is 0 Å². The maximum atomic E-state index is 13.9. The highest BCUT2D eigenvalue weighted by atomic mass is 19.1. The zero-order valence-electron chi connectivity index (χ0n) is 15.1. The number of guanidine groups is 1. The average molecular weight is 344 g/mol. The molecule has 1 aromatic heterocycles. The van der Waals surface area contributed by atoms with E-state index < -0.39 is 0 Å². The lowest BCUT2D eigenvalue weighted by Crippen LogP contribution is -2.39. The minimum atomic E-state index is -0.371. The van der Waals surface area contributed by atoms with Gasteiger partial charge in [0.15, 0.2) is 17.5 Å². The number of pyridine rings is 1. The number of methoxy groups -OCH3 is 1. The summed E-state index contributed by atoms with van der Waals surface area (Å²) in [5.41, 5.74) is 3.25. The van der Waals surface area contributed by atoms with E-state index in [0.717, 1.165) is 18.5 Å². The van der Waals surface area contributed by atoms with Gasteiger partial charge in [-0.1, -0.05) is 6.07 Å². The molecule has 25 heavy (non-hydrogen) atoms. The number of aliphatic imine (C=N–C) groups is 1. The molecule has 0 spiro atoms. The van der Waals surface area contributed by atoms with E-state index in [2.05, 4.69) is 27.5 Å². The van der Waals surface area contributed by atoms with Crippen molar-refractivity contribution in [1.29, 1.82) is 0 Å². The number of hydrogen-bond donors (Lipinski definition) is 2. The lowest BCUT2D eigenvalue weighted by molar-refractivity contribution is 0.386. The molecule has 2 aromatic rings. The van der Waals surface area contributed by atoms with Crippen LogP contribution in [0.4, 0.5) is 4.39 Å². The zero-order chi connectivity index (χ0) is 18.2. The van der Waals surface area contributed by atoms with Crippen LogP contribution in [0.1, 0.15) is 29.7 Å². The summed E-state index contributed by atoms with van der Waals surface area (Å²) in [5, 5.41) is 6.55. The Morgan fingerprint density at radius 2 is 2.16 bits per heavy atom. The first-order valence-electron chi connectivity index (χ1n) is 8.25. The topological polar surface area (TPSA) is 58.5 Å². The third-order valence-electron chi connectivity index (χ3n) is 4.08. The zero-order valence-corrected chi connectivity index (χ0v) is 15.1. The van der Waals surface area contributed by atoms with Crippen molar-refractivity contribution in [1.82, 2.24) is 15.6 Å². The van der Waals surface area contributed by atoms with E-state index in [1.807, 2.05) is 25.3 Å². The summed E-state index contributed by atoms with van der Waals surface area (Å²) in [5.74, 6) is 0.548. The van der Waals surface area contributed by atoms with Crippen LogP contribution in [0.15, 0.2) is 41.7 Å². The lowest BCUT2D eigenvalue weighted by Gasteiger charge is -2.19. The Morgan fingerprint density at radius 3 is 2.80 bits per heavy atom. The van der Waals surface area contributed by atoms with Crippen LogP contribution in [0.5, 0.6) is 5.75 Å². The highest BCUT2D eigenvalue weighted by Gasteiger charge is 2.11. The van der Waals surface area contributed by atoms with Crippen LogP contribution in [0.3, 0.4) is 0 Å². The maximum Gasteiger partial charge on any atom is 0.191 e. The third kappa shape index (κ3) is 5.17. The molecule has 0 aliphatic heterocycles. The van der Waals surface area contributed by atoms with E-state index >= 15 is 0 Å². The molecular formula is C19H25FN4O. The van der Waals surface area contributed by atoms with Gasteiger partial charge in [0, 0.05) is 26.0 Å². The van der Waals surface area contributed by atoms with Crippen molar-refractivity contribution in [2.24, 2.45) is 4.99 Å². The molecule has 134 valence electrons. The first kappa shape index (κ1) is 18.7. The summed E-state index contributed by atoms with van der Waals surface area (Å²) < 4.78 is 18.8. The van der Waals surface area contributed by atoms with Crippen LogP contribution >= 0.6 is 0 Å². The summed E-state index contributed by atoms with van der Waals surface area (Å²) in [6, 6.07) is 6.88. The number of hydrogen-bond acceptors (Lipinski definition) is 3. The van der Waals surface area contributed by atoms with Crippen molar-refractivity contribution >= 4 is 5.96 Å². The fraction of sp³-hybridized carbons (Fsp3) is 0.368. The van der Waals surface area contributed by atoms with Gasteiger partial charge in [-0.25, -0.2) is 4.39 Å². The van der Waals surface area contributed by atoms with E-state index in [1.165, 1.54) is 24.3 Å². The molecule has 2 rings (SSSR count). The van der Waals surface area contributed by atoms with Gasteiger partial charge in [0.1, 0.15) is 0 Å². The van der Waals surface area contributed by atoms with Crippen LogP contribution in [0, 0.1) is 12.7 Å². The van der Waals surface area contributed by atoms with Crippen LogP contribution in [0.2, 0.25) is 0 Å². The molecule has 1 atom stereocenters. The standard InChI is InChI=1S/C19H25FN4O/c1-13-12-22-9-7-15(13)8-10-23-19(21-3)24-14(2)16-5-6-18(25-4)17(20)11-16/h5-7,9,11-12,14H,8,10H2,1-4H3,(H2,21,23,24). The normalized spacial score (nSPS) is 12.6. The summed E-state index contributed by atoms with van der Waals surface area (Å²) >= 11 is 0. The van der Waals surface area contributed by atoms with Gasteiger partial charge in [-0.3, -0.25) is 9.98 Å². The Balaban J connectivity index is 1.91. The van der Waals surface area contributed by atoms with Crippen LogP contribution < -0.4 is 15.4 Å². The molecule has 0 saturated heterocycles. The Labute approximate surface area is 148 Å². The molecule has 1 heterocycles. The van der Waals surface area contributed by atoms with Gasteiger partial charge < -0.3 is 15.4 Å². The molecular weight excluding hydrogens is 319 g/mol. The molecule has 0 bridgehead atoms. The van der Waals surface area contributed by atoms with Gasteiger partial charge in [0.25, 0.3) is 0 Å². The van der Waals surface area contributed by atoms with Crippen LogP contribution in [0.25, 0.3) is 0 Å². The second-order valence-electron chi connectivity index (χ2n) is 5.81. The Hall–Kier alpha value is -2.63. The molecule has 0 amide bonds. The molecule has 5 nitrogen and oxygen atoms in total. The Kier molecular flexibility index (Phi) is 6.74. The Morgan fingerprint density at radius 1 is 1.36 bits per heavy atom. The smallest absolute Gasteiger partial charge is 0.191 e. The van der Waals surface area contributed by atoms with Gasteiger partial charge in [-0.2, -0.15) is 0 Å². The van der Waals surface area contributed by atoms with Crippen molar-refractivity contribution in [3.8, 4) is 5.75 Å². The first-order chi connectivity index (χ1) is 12.0. The maximum absolute atomic E-state index is 13.9. The minimum Gasteiger partial charge on any atom is -0.494 e. The van der Waals surface area contributed by atoms with E-state index in [4.69, 9.17) is 4.74 Å². The van der Waals surface area contributed by atoms with E-state index in [9.17, 15) is 4.39 Å². The molecule has 1 unspecified atom stereocenters. The largest absolute Gasteiger partial charge is 0.494 e. The minimum absolute atomic E-state index is 0.0886. The molecule has 0 aliphatic rings. The molecule has 0 aliphatic carbocycles. The van der Waals surface area contributed by atoms with E-state index in [0.29, 0.717) is 5.96 Å². The van der Waals surface area contributed by atoms with Crippen molar-refractivity contribution in [2.75, 3.05) is 20.7 Å². The van der Waals surface area contributed by atoms with Gasteiger partial charge in [-0.15, -0.1) is 0 Å². The number of ether oxygens (including phenoxy) is 1. The van der Waals surface area contributed by atoms with E-state index in [1.54, 1.807) is 19.3 Å². The lowest BCUT2D eigenvalue weighted by atomic mass is 10.1.